The van der Waals surface area contributed by atoms with Gasteiger partial charge in [0.25, 0.3) is 6.71 Å². The molecule has 0 aliphatic carbocycles. The Morgan fingerprint density at radius 2 is 0.747 bits per heavy atom. The van der Waals surface area contributed by atoms with Crippen molar-refractivity contribution in [2.24, 2.45) is 0 Å². The van der Waals surface area contributed by atoms with Crippen molar-refractivity contribution in [2.75, 3.05) is 9.80 Å². The van der Waals surface area contributed by atoms with Gasteiger partial charge in [0.15, 0.2) is 0 Å². The molecule has 17 rings (SSSR count). The van der Waals surface area contributed by atoms with Crippen molar-refractivity contribution in [3.63, 3.8) is 0 Å². The van der Waals surface area contributed by atoms with Gasteiger partial charge >= 0.3 is 0 Å². The van der Waals surface area contributed by atoms with Crippen LogP contribution in [0.5, 0.6) is 0 Å². The average Bonchev–Trinajstić information content (AvgIpc) is 1.35. The second-order valence-corrected chi connectivity index (χ2v) is 25.3. The van der Waals surface area contributed by atoms with E-state index in [1.54, 1.807) is 0 Å². The maximum Gasteiger partial charge on any atom is 0.252 e. The van der Waals surface area contributed by atoms with Crippen molar-refractivity contribution >= 4 is 111 Å². The van der Waals surface area contributed by atoms with E-state index < -0.39 is 0 Å². The van der Waals surface area contributed by atoms with Gasteiger partial charge in [-0.15, -0.1) is 11.3 Å². The third kappa shape index (κ3) is 8.18. The highest BCUT2D eigenvalue weighted by Crippen LogP contribution is 2.54. The largest absolute Gasteiger partial charge is 0.455 e. The molecule has 0 atom stereocenters. The van der Waals surface area contributed by atoms with Crippen LogP contribution in [0.1, 0.15) is 26.3 Å². The minimum absolute atomic E-state index is 0.231. The second kappa shape index (κ2) is 20.1. The van der Waals surface area contributed by atoms with Gasteiger partial charge in [-0.1, -0.05) is 276 Å². The van der Waals surface area contributed by atoms with E-state index in [9.17, 15) is 0 Å². The molecule has 0 bridgehead atoms. The van der Waals surface area contributed by atoms with Crippen molar-refractivity contribution in [1.82, 2.24) is 0 Å². The van der Waals surface area contributed by atoms with Crippen LogP contribution < -0.4 is 26.2 Å². The third-order valence-electron chi connectivity index (χ3n) is 18.2. The van der Waals surface area contributed by atoms with Crippen LogP contribution in [0.15, 0.2) is 296 Å². The maximum absolute atomic E-state index is 6.91. The van der Waals surface area contributed by atoms with Crippen LogP contribution in [0, 0.1) is 0 Å². The molecule has 410 valence electrons. The number of hydrogen-bond acceptors (Lipinski definition) is 4. The van der Waals surface area contributed by atoms with Crippen molar-refractivity contribution in [1.29, 1.82) is 0 Å². The van der Waals surface area contributed by atoms with E-state index in [0.717, 1.165) is 112 Å². The van der Waals surface area contributed by atoms with Gasteiger partial charge in [-0.05, 0) is 103 Å². The summed E-state index contributed by atoms with van der Waals surface area (Å²) in [5.41, 5.74) is 27.2. The van der Waals surface area contributed by atoms with E-state index in [1.807, 2.05) is 11.3 Å². The Balaban J connectivity index is 1.04. The monoisotopic (exact) mass is 1130 g/mol. The number of furan rings is 1. The Morgan fingerprint density at radius 1 is 0.333 bits per heavy atom. The van der Waals surface area contributed by atoms with Crippen LogP contribution in [0.2, 0.25) is 0 Å². The molecule has 0 amide bonds. The summed E-state index contributed by atoms with van der Waals surface area (Å²) < 4.78 is 9.50. The lowest BCUT2D eigenvalue weighted by Gasteiger charge is -2.46. The zero-order valence-corrected chi connectivity index (χ0v) is 49.3. The molecule has 2 aromatic heterocycles. The van der Waals surface area contributed by atoms with Crippen LogP contribution in [0.3, 0.4) is 0 Å². The van der Waals surface area contributed by atoms with E-state index in [1.165, 1.54) is 53.3 Å². The molecule has 0 spiro atoms. The van der Waals surface area contributed by atoms with Gasteiger partial charge in [0.2, 0.25) is 0 Å². The van der Waals surface area contributed by atoms with Gasteiger partial charge in [-0.3, -0.25) is 0 Å². The quantitative estimate of drug-likeness (QED) is 0.141. The molecular formula is C82H57BN2OS. The Labute approximate surface area is 511 Å². The highest BCUT2D eigenvalue weighted by molar-refractivity contribution is 7.26. The number of para-hydroxylation sites is 4. The predicted octanol–water partition coefficient (Wildman–Crippen LogP) is 21.3. The Bertz CT molecular complexity index is 4780. The predicted molar refractivity (Wildman–Crippen MR) is 372 cm³/mol. The van der Waals surface area contributed by atoms with Crippen LogP contribution in [0.4, 0.5) is 34.1 Å². The first kappa shape index (κ1) is 51.0. The van der Waals surface area contributed by atoms with E-state index >= 15 is 0 Å². The van der Waals surface area contributed by atoms with Crippen molar-refractivity contribution in [3.8, 4) is 66.8 Å². The smallest absolute Gasteiger partial charge is 0.252 e. The van der Waals surface area contributed by atoms with E-state index in [-0.39, 0.29) is 12.1 Å². The average molecular weight is 1130 g/mol. The summed E-state index contributed by atoms with van der Waals surface area (Å²) in [4.78, 5) is 5.32. The second-order valence-electron chi connectivity index (χ2n) is 24.3. The van der Waals surface area contributed by atoms with Gasteiger partial charge in [0.05, 0.1) is 11.4 Å². The minimum atomic E-state index is -0.261. The lowest BCUT2D eigenvalue weighted by Crippen LogP contribution is -2.61. The van der Waals surface area contributed by atoms with Crippen LogP contribution in [0.25, 0.3) is 109 Å². The molecular weight excluding hydrogens is 1070 g/mol. The lowest BCUT2D eigenvalue weighted by atomic mass is 9.33. The topological polar surface area (TPSA) is 19.6 Å². The molecule has 4 heterocycles. The van der Waals surface area contributed by atoms with Gasteiger partial charge in [-0.25, -0.2) is 0 Å². The molecule has 0 radical (unpaired) electrons. The third-order valence-corrected chi connectivity index (χ3v) is 19.4. The Kier molecular flexibility index (Phi) is 11.8. The van der Waals surface area contributed by atoms with Gasteiger partial charge < -0.3 is 14.2 Å². The molecule has 0 unspecified atom stereocenters. The van der Waals surface area contributed by atoms with Crippen LogP contribution in [-0.4, -0.2) is 6.71 Å². The zero-order valence-electron chi connectivity index (χ0n) is 48.5. The van der Waals surface area contributed by atoms with Gasteiger partial charge in [0, 0.05) is 81.5 Å². The van der Waals surface area contributed by atoms with Gasteiger partial charge in [-0.2, -0.15) is 0 Å². The number of thiophene rings is 1. The minimum Gasteiger partial charge on any atom is -0.455 e. The van der Waals surface area contributed by atoms with E-state index in [2.05, 4.69) is 322 Å². The molecule has 3 nitrogen and oxygen atoms in total. The molecule has 2 aliphatic heterocycles. The SMILES string of the molecule is CC(C)(C)c1cc2c3c(c1)N(c1c(-c4ccccc4)cccc1-c1ccccc1)c1ccc(-c4cccc5c4sc4ccccc45)cc1B3c1cc(-c3cccc4c3oc3ccccc34)ccc1N2c1c(-c2ccccc2)cccc1-c1ccccc1. The lowest BCUT2D eigenvalue weighted by molar-refractivity contribution is 0.590. The molecule has 87 heavy (non-hydrogen) atoms. The Hall–Kier alpha value is -10.5. The summed E-state index contributed by atoms with van der Waals surface area (Å²) in [6.45, 7) is 6.88. The fraction of sp³-hybridized carbons (Fsp3) is 0.0488. The molecule has 5 heteroatoms. The standard InChI is InChI=1S/C82H57BN2OS/c1-82(2,3)58-50-73-77-74(51-58)85(79-61(54-28-12-6-13-29-54)36-21-37-62(79)55-30-14-7-15-31-55)72-47-45-57(64-39-23-41-68-66-33-17-19-43-76(66)87-81(64)68)49-70(72)83(77)69-48-56(63-38-22-40-67-65-32-16-18-42-75(65)86-80(63)67)44-46-71(69)84(73)78-59(52-24-8-4-9-25-52)34-20-35-60(78)53-26-10-5-11-27-53/h4-51H,1-3H3. The van der Waals surface area contributed by atoms with Crippen molar-refractivity contribution < 1.29 is 4.42 Å². The summed E-state index contributed by atoms with van der Waals surface area (Å²) in [6, 6.07) is 108. The summed E-state index contributed by atoms with van der Waals surface area (Å²) in [5, 5.41) is 4.81. The fourth-order valence-corrected chi connectivity index (χ4v) is 15.4. The number of nitrogens with zero attached hydrogens (tertiary/aromatic N) is 2. The Morgan fingerprint density at radius 3 is 1.26 bits per heavy atom. The first-order chi connectivity index (χ1) is 42.8. The van der Waals surface area contributed by atoms with Crippen molar-refractivity contribution in [2.45, 2.75) is 26.2 Å². The summed E-state index contributed by atoms with van der Waals surface area (Å²) in [7, 11) is 0. The first-order valence-electron chi connectivity index (χ1n) is 30.2. The van der Waals surface area contributed by atoms with E-state index in [0.29, 0.717) is 0 Å². The molecule has 0 N–H and O–H groups in total. The van der Waals surface area contributed by atoms with Crippen molar-refractivity contribution in [3.05, 3.63) is 297 Å². The number of anilines is 6. The molecule has 15 aromatic rings. The number of benzene rings is 13. The number of rotatable bonds is 8. The highest BCUT2D eigenvalue weighted by atomic mass is 32.1. The maximum atomic E-state index is 6.91. The normalized spacial score (nSPS) is 12.7. The number of fused-ring (bicyclic) bond motifs is 10. The molecule has 0 saturated heterocycles. The molecule has 0 saturated carbocycles. The first-order valence-corrected chi connectivity index (χ1v) is 31.0. The fourth-order valence-electron chi connectivity index (χ4n) is 14.2. The number of hydrogen-bond donors (Lipinski definition) is 0. The zero-order chi connectivity index (χ0) is 57.9. The highest BCUT2D eigenvalue weighted by Gasteiger charge is 2.46. The summed E-state index contributed by atoms with van der Waals surface area (Å²) in [6.07, 6.45) is 0. The molecule has 0 fully saturated rings. The van der Waals surface area contributed by atoms with E-state index in [4.69, 9.17) is 4.42 Å². The summed E-state index contributed by atoms with van der Waals surface area (Å²) >= 11 is 1.89. The van der Waals surface area contributed by atoms with Gasteiger partial charge in [0.1, 0.15) is 11.2 Å². The van der Waals surface area contributed by atoms with Crippen LogP contribution >= 0.6 is 11.3 Å². The molecule has 2 aliphatic rings. The van der Waals surface area contributed by atoms with Crippen LogP contribution in [-0.2, 0) is 5.41 Å². The molecule has 13 aromatic carbocycles. The summed E-state index contributed by atoms with van der Waals surface area (Å²) in [5.74, 6) is 0.